The number of hydrogen-bond donors (Lipinski definition) is 0. The average Bonchev–Trinajstić information content (AvgIpc) is 2.84. The first-order chi connectivity index (χ1) is 9.58. The molecule has 1 heterocycles. The molecule has 0 unspecified atom stereocenters. The molecule has 0 fully saturated rings. The van der Waals surface area contributed by atoms with Gasteiger partial charge in [0, 0.05) is 18.1 Å². The molecule has 6 heteroatoms. The quantitative estimate of drug-likeness (QED) is 0.621. The van der Waals surface area contributed by atoms with E-state index in [0.717, 1.165) is 18.5 Å². The summed E-state index contributed by atoms with van der Waals surface area (Å²) in [4.78, 5) is 22.4. The van der Waals surface area contributed by atoms with Crippen LogP contribution in [0.25, 0.3) is 5.69 Å². The first-order valence-electron chi connectivity index (χ1n) is 6.43. The van der Waals surface area contributed by atoms with Crippen LogP contribution in [0.4, 0.5) is 5.69 Å². The van der Waals surface area contributed by atoms with E-state index in [1.54, 1.807) is 29.9 Å². The van der Waals surface area contributed by atoms with E-state index in [4.69, 9.17) is 0 Å². The van der Waals surface area contributed by atoms with E-state index in [9.17, 15) is 14.9 Å². The maximum atomic E-state index is 11.8. The number of nitrogens with zero attached hydrogens (tertiary/aromatic N) is 3. The Morgan fingerprint density at radius 3 is 2.90 bits per heavy atom. The average molecular weight is 271 g/mol. The normalized spacial score (nSPS) is 14.2. The van der Waals surface area contributed by atoms with Gasteiger partial charge < -0.3 is 0 Å². The lowest BCUT2D eigenvalue weighted by Crippen LogP contribution is -2.12. The number of hydrogen-bond acceptors (Lipinski definition) is 4. The second-order valence-electron chi connectivity index (χ2n) is 4.92. The molecular weight excluding hydrogens is 258 g/mol. The Morgan fingerprint density at radius 2 is 2.15 bits per heavy atom. The van der Waals surface area contributed by atoms with Gasteiger partial charge in [-0.15, -0.1) is 0 Å². The number of Topliss-reactive ketones (excluding diaryl/α,β-unsaturated/α-hetero) is 1. The molecule has 0 aliphatic heterocycles. The lowest BCUT2D eigenvalue weighted by Gasteiger charge is -2.13. The largest absolute Gasteiger partial charge is 0.294 e. The summed E-state index contributed by atoms with van der Waals surface area (Å²) in [5, 5.41) is 15.2. The van der Waals surface area contributed by atoms with E-state index in [1.165, 1.54) is 6.07 Å². The fraction of sp³-hybridized carbons (Fsp3) is 0.286. The molecule has 1 aromatic heterocycles. The number of fused-ring (bicyclic) bond motifs is 1. The summed E-state index contributed by atoms with van der Waals surface area (Å²) in [6, 6.07) is 4.99. The third-order valence-electron chi connectivity index (χ3n) is 3.62. The highest BCUT2D eigenvalue weighted by Crippen LogP contribution is 2.26. The molecule has 0 spiro atoms. The first-order valence-corrected chi connectivity index (χ1v) is 6.43. The van der Waals surface area contributed by atoms with E-state index in [0.29, 0.717) is 23.2 Å². The first kappa shape index (κ1) is 12.5. The van der Waals surface area contributed by atoms with Crippen molar-refractivity contribution in [2.45, 2.75) is 26.2 Å². The highest BCUT2D eigenvalue weighted by Gasteiger charge is 2.23. The van der Waals surface area contributed by atoms with Gasteiger partial charge in [0.15, 0.2) is 5.78 Å². The smallest absolute Gasteiger partial charge is 0.274 e. The summed E-state index contributed by atoms with van der Waals surface area (Å²) in [5.41, 5.74) is 2.78. The number of rotatable bonds is 2. The Morgan fingerprint density at radius 1 is 1.35 bits per heavy atom. The molecular formula is C14H13N3O3. The van der Waals surface area contributed by atoms with Crippen molar-refractivity contribution in [1.82, 2.24) is 9.78 Å². The van der Waals surface area contributed by atoms with Gasteiger partial charge in [-0.2, -0.15) is 5.10 Å². The molecule has 1 aromatic carbocycles. The van der Waals surface area contributed by atoms with Crippen molar-refractivity contribution < 1.29 is 9.72 Å². The molecule has 1 aliphatic rings. The van der Waals surface area contributed by atoms with Crippen molar-refractivity contribution in [1.29, 1.82) is 0 Å². The summed E-state index contributed by atoms with van der Waals surface area (Å²) >= 11 is 0. The van der Waals surface area contributed by atoms with Crippen molar-refractivity contribution in [3.8, 4) is 5.69 Å². The van der Waals surface area contributed by atoms with Crippen LogP contribution in [0.1, 0.15) is 34.5 Å². The fourth-order valence-corrected chi connectivity index (χ4v) is 2.55. The molecule has 2 aromatic rings. The Bertz CT molecular complexity index is 718. The number of ketones is 1. The number of carbonyl (C=O) groups excluding carboxylic acids is 1. The lowest BCUT2D eigenvalue weighted by molar-refractivity contribution is -0.385. The summed E-state index contributed by atoms with van der Waals surface area (Å²) in [5.74, 6) is 0.0964. The topological polar surface area (TPSA) is 78.0 Å². The molecule has 20 heavy (non-hydrogen) atoms. The summed E-state index contributed by atoms with van der Waals surface area (Å²) in [6.45, 7) is 1.70. The van der Waals surface area contributed by atoms with Crippen LogP contribution >= 0.6 is 0 Å². The predicted molar refractivity (Wildman–Crippen MR) is 72.2 cm³/mol. The molecule has 1 aliphatic carbocycles. The zero-order chi connectivity index (χ0) is 14.3. The molecule has 0 bridgehead atoms. The second kappa shape index (κ2) is 4.56. The molecule has 6 nitrogen and oxygen atoms in total. The second-order valence-corrected chi connectivity index (χ2v) is 4.92. The van der Waals surface area contributed by atoms with E-state index in [1.807, 2.05) is 0 Å². The molecule has 0 atom stereocenters. The molecule has 102 valence electrons. The molecule has 0 saturated heterocycles. The van der Waals surface area contributed by atoms with Gasteiger partial charge in [-0.25, -0.2) is 4.68 Å². The van der Waals surface area contributed by atoms with Gasteiger partial charge >= 0.3 is 0 Å². The van der Waals surface area contributed by atoms with E-state index in [-0.39, 0.29) is 11.5 Å². The van der Waals surface area contributed by atoms with Gasteiger partial charge in [0.05, 0.1) is 28.1 Å². The maximum Gasteiger partial charge on any atom is 0.274 e. The van der Waals surface area contributed by atoms with Crippen LogP contribution in [-0.2, 0) is 6.42 Å². The van der Waals surface area contributed by atoms with Gasteiger partial charge in [-0.05, 0) is 25.8 Å². The zero-order valence-corrected chi connectivity index (χ0v) is 11.0. The van der Waals surface area contributed by atoms with Crippen LogP contribution in [0.3, 0.4) is 0 Å². The third kappa shape index (κ3) is 1.89. The fourth-order valence-electron chi connectivity index (χ4n) is 2.55. The van der Waals surface area contributed by atoms with Gasteiger partial charge in [0.25, 0.3) is 5.69 Å². The highest BCUT2D eigenvalue weighted by molar-refractivity contribution is 5.98. The van der Waals surface area contributed by atoms with Crippen molar-refractivity contribution >= 4 is 11.5 Å². The zero-order valence-electron chi connectivity index (χ0n) is 11.0. The van der Waals surface area contributed by atoms with Crippen molar-refractivity contribution in [2.24, 2.45) is 0 Å². The van der Waals surface area contributed by atoms with Crippen molar-refractivity contribution in [3.63, 3.8) is 0 Å². The Balaban J connectivity index is 2.13. The van der Waals surface area contributed by atoms with Crippen LogP contribution < -0.4 is 0 Å². The number of nitro groups is 1. The van der Waals surface area contributed by atoms with E-state index in [2.05, 4.69) is 5.10 Å². The summed E-state index contributed by atoms with van der Waals surface area (Å²) < 4.78 is 1.64. The lowest BCUT2D eigenvalue weighted by atomic mass is 9.97. The number of aryl methyl sites for hydroxylation is 1. The number of benzene rings is 1. The summed E-state index contributed by atoms with van der Waals surface area (Å²) in [6.07, 6.45) is 3.67. The molecule has 0 saturated carbocycles. The van der Waals surface area contributed by atoms with Crippen LogP contribution in [0, 0.1) is 17.0 Å². The SMILES string of the molecule is Cc1ccc(-n2ncc3c2CCCC3=O)cc1[N+](=O)[O-]. The van der Waals surface area contributed by atoms with Gasteiger partial charge in [0.2, 0.25) is 0 Å². The van der Waals surface area contributed by atoms with Gasteiger partial charge in [-0.3, -0.25) is 14.9 Å². The maximum absolute atomic E-state index is 11.8. The third-order valence-corrected chi connectivity index (χ3v) is 3.62. The molecule has 3 rings (SSSR count). The summed E-state index contributed by atoms with van der Waals surface area (Å²) in [7, 11) is 0. The highest BCUT2D eigenvalue weighted by atomic mass is 16.6. The number of nitro benzene ring substituents is 1. The van der Waals surface area contributed by atoms with Gasteiger partial charge in [-0.1, -0.05) is 6.07 Å². The molecule has 0 amide bonds. The van der Waals surface area contributed by atoms with Crippen LogP contribution in [0.15, 0.2) is 24.4 Å². The monoisotopic (exact) mass is 271 g/mol. The minimum absolute atomic E-state index is 0.0638. The predicted octanol–water partition coefficient (Wildman–Crippen LogP) is 2.61. The van der Waals surface area contributed by atoms with Crippen LogP contribution in [0.5, 0.6) is 0 Å². The van der Waals surface area contributed by atoms with Crippen molar-refractivity contribution in [2.75, 3.05) is 0 Å². The van der Waals surface area contributed by atoms with Crippen LogP contribution in [0.2, 0.25) is 0 Å². The Hall–Kier alpha value is -2.50. The van der Waals surface area contributed by atoms with Crippen LogP contribution in [-0.4, -0.2) is 20.5 Å². The Kier molecular flexibility index (Phi) is 2.85. The molecule has 0 radical (unpaired) electrons. The number of carbonyl (C=O) groups is 1. The standard InChI is InChI=1S/C14H13N3O3/c1-9-5-6-10(7-13(9)17(19)20)16-12-3-2-4-14(18)11(12)8-15-16/h5-8H,2-4H2,1H3. The minimum Gasteiger partial charge on any atom is -0.294 e. The number of aromatic nitrogens is 2. The van der Waals surface area contributed by atoms with Crippen molar-refractivity contribution in [3.05, 3.63) is 51.3 Å². The minimum atomic E-state index is -0.403. The Labute approximate surface area is 115 Å². The molecule has 0 N–H and O–H groups in total. The van der Waals surface area contributed by atoms with E-state index >= 15 is 0 Å². The van der Waals surface area contributed by atoms with Gasteiger partial charge in [0.1, 0.15) is 0 Å². The van der Waals surface area contributed by atoms with E-state index < -0.39 is 4.92 Å².